The molecule has 0 saturated heterocycles. The molecule has 0 saturated carbocycles. The van der Waals surface area contributed by atoms with Gasteiger partial charge in [-0.15, -0.1) is 0 Å². The van der Waals surface area contributed by atoms with E-state index in [-0.39, 0.29) is 0 Å². The summed E-state index contributed by atoms with van der Waals surface area (Å²) < 4.78 is 26.3. The minimum Gasteiger partial charge on any atom is -0.378 e. The molecule has 0 spiro atoms. The number of thiol groups is 1. The van der Waals surface area contributed by atoms with Crippen molar-refractivity contribution in [1.29, 1.82) is 5.53 Å². The molecule has 0 rings (SSSR count). The van der Waals surface area contributed by atoms with E-state index in [9.17, 15) is 0 Å². The first-order valence-electron chi connectivity index (χ1n) is 6.94. The first-order valence-corrected chi connectivity index (χ1v) is 7.58. The van der Waals surface area contributed by atoms with Crippen LogP contribution in [-0.2, 0) is 23.7 Å². The van der Waals surface area contributed by atoms with E-state index in [0.29, 0.717) is 72.6 Å². The highest BCUT2D eigenvalue weighted by Crippen LogP contribution is 1.84. The van der Waals surface area contributed by atoms with E-state index in [4.69, 9.17) is 29.2 Å². The van der Waals surface area contributed by atoms with Crippen LogP contribution in [0.25, 0.3) is 0 Å². The maximum atomic E-state index is 6.44. The molecule has 0 atom stereocenters. The lowest BCUT2D eigenvalue weighted by atomic mass is 10.7. The van der Waals surface area contributed by atoms with Crippen LogP contribution in [0.1, 0.15) is 0 Å². The van der Waals surface area contributed by atoms with Crippen molar-refractivity contribution in [3.8, 4) is 0 Å². The third kappa shape index (κ3) is 19.5. The molecule has 0 bridgehead atoms. The van der Waals surface area contributed by atoms with Gasteiger partial charge in [-0.05, 0) is 0 Å². The van der Waals surface area contributed by atoms with Crippen LogP contribution in [0.5, 0.6) is 0 Å². The zero-order valence-corrected chi connectivity index (χ0v) is 13.3. The average molecular weight is 324 g/mol. The van der Waals surface area contributed by atoms with Gasteiger partial charge in [0.15, 0.2) is 0 Å². The molecule has 0 aliphatic heterocycles. The highest BCUT2D eigenvalue weighted by atomic mass is 32.1. The Labute approximate surface area is 131 Å². The van der Waals surface area contributed by atoms with Gasteiger partial charge in [0.05, 0.1) is 66.1 Å². The molecule has 1 N–H and O–H groups in total. The summed E-state index contributed by atoms with van der Waals surface area (Å²) in [5.41, 5.74) is 6.44. The molecule has 21 heavy (non-hydrogen) atoms. The van der Waals surface area contributed by atoms with Crippen LogP contribution < -0.4 is 4.91 Å². The van der Waals surface area contributed by atoms with Crippen molar-refractivity contribution < 1.29 is 23.7 Å². The van der Waals surface area contributed by atoms with E-state index in [1.54, 1.807) is 0 Å². The highest BCUT2D eigenvalue weighted by Gasteiger charge is 1.93. The Bertz CT molecular complexity index is 255. The Morgan fingerprint density at radius 3 is 1.43 bits per heavy atom. The predicted molar refractivity (Wildman–Crippen MR) is 80.1 cm³/mol. The van der Waals surface area contributed by atoms with E-state index < -0.39 is 0 Å². The van der Waals surface area contributed by atoms with Crippen molar-refractivity contribution >= 4 is 12.6 Å². The van der Waals surface area contributed by atoms with Crippen LogP contribution in [-0.4, -0.2) is 78.4 Å². The Morgan fingerprint density at radius 2 is 1.05 bits per heavy atom. The molecule has 0 heterocycles. The molecule has 9 heteroatoms. The van der Waals surface area contributed by atoms with Gasteiger partial charge in [-0.2, -0.15) is 12.6 Å². The summed E-state index contributed by atoms with van der Waals surface area (Å²) in [6.45, 7) is 5.86. The van der Waals surface area contributed by atoms with Gasteiger partial charge in [0.1, 0.15) is 17.2 Å². The lowest BCUT2D eigenvalue weighted by molar-refractivity contribution is -0.00954. The van der Waals surface area contributed by atoms with Crippen LogP contribution in [0.3, 0.4) is 0 Å². The fourth-order valence-corrected chi connectivity index (χ4v) is 1.33. The van der Waals surface area contributed by atoms with Crippen molar-refractivity contribution in [3.05, 3.63) is 0 Å². The molecule has 0 aliphatic rings. The number of ether oxygens (including phenoxy) is 5. The van der Waals surface area contributed by atoms with Crippen molar-refractivity contribution in [2.75, 3.05) is 78.4 Å². The second-order valence-electron chi connectivity index (χ2n) is 3.75. The monoisotopic (exact) mass is 324 g/mol. The van der Waals surface area contributed by atoms with Gasteiger partial charge in [-0.25, -0.2) is 0 Å². The summed E-state index contributed by atoms with van der Waals surface area (Å²) >= 11 is 4.03. The van der Waals surface area contributed by atoms with Gasteiger partial charge in [0.2, 0.25) is 4.91 Å². The van der Waals surface area contributed by atoms with Crippen LogP contribution in [0.2, 0.25) is 0 Å². The molecule has 8 nitrogen and oxygen atoms in total. The van der Waals surface area contributed by atoms with E-state index in [0.717, 1.165) is 5.75 Å². The zero-order chi connectivity index (χ0) is 15.4. The topological polar surface area (TPSA) is 96.5 Å². The van der Waals surface area contributed by atoms with Crippen molar-refractivity contribution in [1.82, 2.24) is 4.91 Å². The molecule has 0 fully saturated rings. The molecular weight excluding hydrogens is 298 g/mol. The smallest absolute Gasteiger partial charge is 0.214 e. The van der Waals surface area contributed by atoms with Gasteiger partial charge < -0.3 is 23.7 Å². The summed E-state index contributed by atoms with van der Waals surface area (Å²) in [6.07, 6.45) is 0. The summed E-state index contributed by atoms with van der Waals surface area (Å²) in [7, 11) is 0. The van der Waals surface area contributed by atoms with E-state index in [1.807, 2.05) is 0 Å². The van der Waals surface area contributed by atoms with Gasteiger partial charge in [0, 0.05) is 5.75 Å². The predicted octanol–water partition coefficient (Wildman–Crippen LogP) is 0.550. The van der Waals surface area contributed by atoms with E-state index in [1.165, 1.54) is 0 Å². The number of hydrogen-bond donors (Lipinski definition) is 2. The molecule has 0 unspecified atom stereocenters. The Balaban J connectivity index is 2.94. The molecule has 0 radical (unpaired) electrons. The Hall–Kier alpha value is -0.540. The quantitative estimate of drug-likeness (QED) is 0.176. The highest BCUT2D eigenvalue weighted by molar-refractivity contribution is 7.80. The molecule has 0 aliphatic carbocycles. The summed E-state index contributed by atoms with van der Waals surface area (Å²) in [5.74, 6) is 0.727. The second kappa shape index (κ2) is 19.5. The van der Waals surface area contributed by atoms with Gasteiger partial charge >= 0.3 is 0 Å². The number of rotatable bonds is 17. The minimum atomic E-state index is 0.409. The normalized spacial score (nSPS) is 10.5. The molecule has 0 aromatic heterocycles. The number of nitrogens with zero attached hydrogens (tertiary/aromatic N) is 2. The molecule has 0 aromatic carbocycles. The summed E-state index contributed by atoms with van der Waals surface area (Å²) in [6, 6.07) is 0. The first-order chi connectivity index (χ1) is 10.4. The lowest BCUT2D eigenvalue weighted by Gasteiger charge is -2.07. The van der Waals surface area contributed by atoms with E-state index >= 15 is 0 Å². The average Bonchev–Trinajstić information content (AvgIpc) is 2.50. The molecule has 124 valence electrons. The van der Waals surface area contributed by atoms with Crippen LogP contribution in [0.15, 0.2) is 5.11 Å². The summed E-state index contributed by atoms with van der Waals surface area (Å²) in [5, 5.41) is 3.46. The third-order valence-corrected chi connectivity index (χ3v) is 2.31. The SMILES string of the molecule is N=[N+]=NCCOCCOCCOCCOCCOCCS. The lowest BCUT2D eigenvalue weighted by Crippen LogP contribution is -2.13. The maximum absolute atomic E-state index is 6.44. The molecule has 0 aromatic rings. The number of nitrogens with one attached hydrogen (secondary N) is 1. The van der Waals surface area contributed by atoms with E-state index in [2.05, 4.69) is 22.7 Å². The fraction of sp³-hybridized carbons (Fsp3) is 1.00. The summed E-state index contributed by atoms with van der Waals surface area (Å²) in [4.78, 5) is 2.87. The largest absolute Gasteiger partial charge is 0.378 e. The second-order valence-corrected chi connectivity index (χ2v) is 4.20. The van der Waals surface area contributed by atoms with Gasteiger partial charge in [0.25, 0.3) is 0 Å². The Morgan fingerprint density at radius 1 is 0.667 bits per heavy atom. The first kappa shape index (κ1) is 20.5. The minimum absolute atomic E-state index is 0.409. The van der Waals surface area contributed by atoms with Crippen LogP contribution in [0, 0.1) is 5.53 Å². The maximum Gasteiger partial charge on any atom is 0.214 e. The van der Waals surface area contributed by atoms with Crippen molar-refractivity contribution in [2.24, 2.45) is 5.11 Å². The molecular formula is C12H26N3O5S+. The van der Waals surface area contributed by atoms with Crippen molar-refractivity contribution in [3.63, 3.8) is 0 Å². The van der Waals surface area contributed by atoms with Crippen LogP contribution in [0.4, 0.5) is 0 Å². The molecule has 0 amide bonds. The number of hydrogen-bond acceptors (Lipinski definition) is 8. The third-order valence-electron chi connectivity index (χ3n) is 2.13. The van der Waals surface area contributed by atoms with Gasteiger partial charge in [-0.1, -0.05) is 0 Å². The Kier molecular flexibility index (Phi) is 19.0. The van der Waals surface area contributed by atoms with Gasteiger partial charge in [-0.3, -0.25) is 0 Å². The fourth-order valence-electron chi connectivity index (χ4n) is 1.20. The standard InChI is InChI=1S/C12H25N3O5S/c13-15-14-1-2-16-3-4-17-5-6-18-7-8-19-9-10-20-11-12-21/h13H,1-12H2/p+1. The van der Waals surface area contributed by atoms with Crippen molar-refractivity contribution in [2.45, 2.75) is 0 Å². The zero-order valence-electron chi connectivity index (χ0n) is 12.4. The van der Waals surface area contributed by atoms with Crippen LogP contribution >= 0.6 is 12.6 Å².